The van der Waals surface area contributed by atoms with Crippen molar-refractivity contribution < 1.29 is 0 Å². The van der Waals surface area contributed by atoms with Crippen LogP contribution >= 0.6 is 0 Å². The molecule has 70 valence electrons. The zero-order valence-electron chi connectivity index (χ0n) is 7.86. The van der Waals surface area contributed by atoms with Crippen LogP contribution in [0.3, 0.4) is 0 Å². The maximum atomic E-state index is 5.53. The van der Waals surface area contributed by atoms with Crippen molar-refractivity contribution in [1.29, 1.82) is 0 Å². The Morgan fingerprint density at radius 1 is 1.23 bits per heavy atom. The van der Waals surface area contributed by atoms with Crippen molar-refractivity contribution in [3.8, 4) is 0 Å². The molecule has 0 fully saturated rings. The van der Waals surface area contributed by atoms with Gasteiger partial charge in [0, 0.05) is 25.3 Å². The molecule has 0 aliphatic carbocycles. The minimum Gasteiger partial charge on any atom is -0.382 e. The molecule has 1 aromatic rings. The van der Waals surface area contributed by atoms with Crippen LogP contribution in [-0.4, -0.2) is 19.9 Å². The molecule has 1 aromatic carbocycles. The fraction of sp³-hybridized carbons (Fsp3) is 0.222. The van der Waals surface area contributed by atoms with Crippen molar-refractivity contribution in [2.45, 2.75) is 0 Å². The molecule has 0 heterocycles. The third kappa shape index (κ3) is 2.11. The molecule has 0 spiro atoms. The van der Waals surface area contributed by atoms with Crippen LogP contribution in [0.25, 0.3) is 0 Å². The van der Waals surface area contributed by atoms with Crippen LogP contribution in [0.4, 0.5) is 5.69 Å². The highest BCUT2D eigenvalue weighted by atomic mass is 15.2. The fourth-order valence-electron chi connectivity index (χ4n) is 1.00. The molecule has 1 rings (SSSR count). The Morgan fingerprint density at radius 3 is 2.15 bits per heavy atom. The number of nitrogens with two attached hydrogens (primary N) is 2. The fourth-order valence-corrected chi connectivity index (χ4v) is 1.00. The third-order valence-corrected chi connectivity index (χ3v) is 1.82. The molecule has 0 saturated heterocycles. The first-order valence-corrected chi connectivity index (χ1v) is 3.96. The highest BCUT2D eigenvalue weighted by Crippen LogP contribution is 2.11. The van der Waals surface area contributed by atoms with Gasteiger partial charge in [0.25, 0.3) is 0 Å². The van der Waals surface area contributed by atoms with Gasteiger partial charge in [0.05, 0.1) is 0 Å². The van der Waals surface area contributed by atoms with Crippen molar-refractivity contribution >= 4 is 11.5 Å². The van der Waals surface area contributed by atoms with Gasteiger partial charge < -0.3 is 16.5 Å². The summed E-state index contributed by atoms with van der Waals surface area (Å²) in [5.41, 5.74) is 7.49. The molecule has 0 aromatic heterocycles. The second kappa shape index (κ2) is 3.80. The van der Waals surface area contributed by atoms with Crippen LogP contribution in [0, 0.1) is 0 Å². The van der Waals surface area contributed by atoms with Crippen molar-refractivity contribution in [2.24, 2.45) is 16.7 Å². The first-order chi connectivity index (χ1) is 6.15. The molecular weight excluding hydrogens is 164 g/mol. The van der Waals surface area contributed by atoms with Gasteiger partial charge in [0.2, 0.25) is 0 Å². The van der Waals surface area contributed by atoms with Gasteiger partial charge in [-0.2, -0.15) is 5.10 Å². The number of nitrogens with zero attached hydrogens (tertiary/aromatic N) is 2. The predicted molar refractivity (Wildman–Crippen MR) is 55.7 cm³/mol. The zero-order valence-corrected chi connectivity index (χ0v) is 7.86. The summed E-state index contributed by atoms with van der Waals surface area (Å²) >= 11 is 0. The number of benzene rings is 1. The molecule has 0 aliphatic rings. The summed E-state index contributed by atoms with van der Waals surface area (Å²) in [4.78, 5) is 2.01. The second-order valence-corrected chi connectivity index (χ2v) is 2.96. The Hall–Kier alpha value is -1.71. The summed E-state index contributed by atoms with van der Waals surface area (Å²) in [5.74, 6) is 5.41. The lowest BCUT2D eigenvalue weighted by Gasteiger charge is -2.12. The Bertz CT molecular complexity index is 300. The van der Waals surface area contributed by atoms with Crippen LogP contribution < -0.4 is 16.5 Å². The summed E-state index contributed by atoms with van der Waals surface area (Å²) in [7, 11) is 3.96. The lowest BCUT2D eigenvalue weighted by molar-refractivity contribution is 1.13. The molecule has 0 amide bonds. The lowest BCUT2D eigenvalue weighted by atomic mass is 10.2. The predicted octanol–water partition coefficient (Wildman–Crippen LogP) is 0.332. The number of amidine groups is 1. The summed E-state index contributed by atoms with van der Waals surface area (Å²) in [6.45, 7) is 0. The number of hydrogen-bond acceptors (Lipinski definition) is 3. The van der Waals surface area contributed by atoms with Crippen LogP contribution in [0.15, 0.2) is 29.4 Å². The third-order valence-electron chi connectivity index (χ3n) is 1.82. The van der Waals surface area contributed by atoms with E-state index in [9.17, 15) is 0 Å². The minimum absolute atomic E-state index is 0.352. The topological polar surface area (TPSA) is 67.6 Å². The molecule has 0 bridgehead atoms. The Kier molecular flexibility index (Phi) is 2.74. The Balaban J connectivity index is 2.94. The minimum atomic E-state index is 0.352. The number of hydrogen-bond donors (Lipinski definition) is 2. The van der Waals surface area contributed by atoms with Gasteiger partial charge in [-0.3, -0.25) is 0 Å². The van der Waals surface area contributed by atoms with E-state index < -0.39 is 0 Å². The molecule has 4 nitrogen and oxygen atoms in total. The molecule has 0 atom stereocenters. The van der Waals surface area contributed by atoms with Crippen molar-refractivity contribution in [3.05, 3.63) is 29.8 Å². The van der Waals surface area contributed by atoms with Crippen LogP contribution in [-0.2, 0) is 0 Å². The number of anilines is 1. The van der Waals surface area contributed by atoms with E-state index in [2.05, 4.69) is 5.10 Å². The monoisotopic (exact) mass is 178 g/mol. The number of hydrazone groups is 1. The quantitative estimate of drug-likeness (QED) is 0.297. The van der Waals surface area contributed by atoms with Crippen LogP contribution in [0.5, 0.6) is 0 Å². The SMILES string of the molecule is CN(C)c1ccc(C(N)=NN)cc1. The van der Waals surface area contributed by atoms with Gasteiger partial charge in [-0.25, -0.2) is 0 Å². The van der Waals surface area contributed by atoms with E-state index in [1.165, 1.54) is 0 Å². The zero-order chi connectivity index (χ0) is 9.84. The first-order valence-electron chi connectivity index (χ1n) is 3.96. The van der Waals surface area contributed by atoms with Gasteiger partial charge in [-0.1, -0.05) is 0 Å². The maximum absolute atomic E-state index is 5.53. The summed E-state index contributed by atoms with van der Waals surface area (Å²) in [6.07, 6.45) is 0. The van der Waals surface area contributed by atoms with E-state index in [-0.39, 0.29) is 0 Å². The average Bonchev–Trinajstić information content (AvgIpc) is 2.17. The first kappa shape index (κ1) is 9.38. The summed E-state index contributed by atoms with van der Waals surface area (Å²) in [5, 5.41) is 3.41. The highest BCUT2D eigenvalue weighted by molar-refractivity contribution is 5.97. The van der Waals surface area contributed by atoms with Gasteiger partial charge in [-0.15, -0.1) is 0 Å². The largest absolute Gasteiger partial charge is 0.382 e. The highest BCUT2D eigenvalue weighted by Gasteiger charge is 1.98. The Labute approximate surface area is 77.8 Å². The van der Waals surface area contributed by atoms with E-state index >= 15 is 0 Å². The molecule has 4 heteroatoms. The van der Waals surface area contributed by atoms with Crippen molar-refractivity contribution in [1.82, 2.24) is 0 Å². The average molecular weight is 178 g/mol. The van der Waals surface area contributed by atoms with Gasteiger partial charge in [0.1, 0.15) is 5.84 Å². The number of rotatable bonds is 2. The normalized spacial score (nSPS) is 11.4. The van der Waals surface area contributed by atoms with E-state index in [1.807, 2.05) is 43.3 Å². The van der Waals surface area contributed by atoms with E-state index in [4.69, 9.17) is 11.6 Å². The molecular formula is C9H14N4. The van der Waals surface area contributed by atoms with Gasteiger partial charge in [0.15, 0.2) is 0 Å². The van der Waals surface area contributed by atoms with Gasteiger partial charge >= 0.3 is 0 Å². The second-order valence-electron chi connectivity index (χ2n) is 2.96. The summed E-state index contributed by atoms with van der Waals surface area (Å²) < 4.78 is 0. The van der Waals surface area contributed by atoms with E-state index in [0.29, 0.717) is 5.84 Å². The Morgan fingerprint density at radius 2 is 1.77 bits per heavy atom. The molecule has 13 heavy (non-hydrogen) atoms. The molecule has 0 saturated carbocycles. The van der Waals surface area contributed by atoms with Crippen molar-refractivity contribution in [2.75, 3.05) is 19.0 Å². The molecule has 0 radical (unpaired) electrons. The van der Waals surface area contributed by atoms with Gasteiger partial charge in [-0.05, 0) is 24.3 Å². The van der Waals surface area contributed by atoms with Crippen LogP contribution in [0.2, 0.25) is 0 Å². The smallest absolute Gasteiger partial charge is 0.150 e. The molecule has 0 unspecified atom stereocenters. The lowest BCUT2D eigenvalue weighted by Crippen LogP contribution is -2.15. The van der Waals surface area contributed by atoms with E-state index in [0.717, 1.165) is 11.3 Å². The molecule has 4 N–H and O–H groups in total. The molecule has 0 aliphatic heterocycles. The summed E-state index contributed by atoms with van der Waals surface area (Å²) in [6, 6.07) is 7.71. The maximum Gasteiger partial charge on any atom is 0.150 e. The van der Waals surface area contributed by atoms with E-state index in [1.54, 1.807) is 0 Å². The van der Waals surface area contributed by atoms with Crippen LogP contribution in [0.1, 0.15) is 5.56 Å². The standard InChI is InChI=1S/C9H14N4/c1-13(2)8-5-3-7(4-6-8)9(10)12-11/h3-6H,11H2,1-2H3,(H2,10,12). The van der Waals surface area contributed by atoms with Crippen molar-refractivity contribution in [3.63, 3.8) is 0 Å².